The van der Waals surface area contributed by atoms with Gasteiger partial charge in [0.05, 0.1) is 17.8 Å². The maximum Gasteiger partial charge on any atom is 0.0950 e. The van der Waals surface area contributed by atoms with Gasteiger partial charge in [-0.25, -0.2) is 0 Å². The number of piperazine rings is 1. The van der Waals surface area contributed by atoms with Crippen molar-refractivity contribution in [3.63, 3.8) is 0 Å². The summed E-state index contributed by atoms with van der Waals surface area (Å²) in [7, 11) is 0. The van der Waals surface area contributed by atoms with Gasteiger partial charge < -0.3 is 0 Å². The third-order valence-corrected chi connectivity index (χ3v) is 3.25. The Hall–Kier alpha value is -1.44. The van der Waals surface area contributed by atoms with Gasteiger partial charge in [-0.05, 0) is 19.1 Å². The second-order valence-electron chi connectivity index (χ2n) is 4.44. The number of hydrogen-bond acceptors (Lipinski definition) is 4. The molecule has 0 spiro atoms. The van der Waals surface area contributed by atoms with Gasteiger partial charge in [0, 0.05) is 38.9 Å². The zero-order valence-corrected chi connectivity index (χ0v) is 10.2. The van der Waals surface area contributed by atoms with Gasteiger partial charge in [0.25, 0.3) is 0 Å². The van der Waals surface area contributed by atoms with E-state index in [4.69, 9.17) is 5.26 Å². The predicted octanol–water partition coefficient (Wildman–Crippen LogP) is 1.11. The number of pyridine rings is 1. The molecule has 0 N–H and O–H groups in total. The summed E-state index contributed by atoms with van der Waals surface area (Å²) in [5.41, 5.74) is 1.12. The maximum absolute atomic E-state index is 8.87. The first-order chi connectivity index (χ1) is 8.29. The zero-order valence-electron chi connectivity index (χ0n) is 10.2. The second kappa shape index (κ2) is 5.76. The Bertz CT molecular complexity index is 376. The van der Waals surface area contributed by atoms with Gasteiger partial charge >= 0.3 is 0 Å². The van der Waals surface area contributed by atoms with Crippen molar-refractivity contribution in [2.24, 2.45) is 0 Å². The zero-order chi connectivity index (χ0) is 12.1. The highest BCUT2D eigenvalue weighted by Gasteiger charge is 2.20. The molecule has 1 saturated heterocycles. The first kappa shape index (κ1) is 12.0. The van der Waals surface area contributed by atoms with Crippen LogP contribution in [0.2, 0.25) is 0 Å². The molecule has 1 aromatic heterocycles. The minimum atomic E-state index is 0.0343. The minimum absolute atomic E-state index is 0.0343. The lowest BCUT2D eigenvalue weighted by Gasteiger charge is -2.35. The van der Waals surface area contributed by atoms with E-state index in [1.807, 2.05) is 25.3 Å². The Morgan fingerprint density at radius 2 is 2.12 bits per heavy atom. The van der Waals surface area contributed by atoms with Gasteiger partial charge in [-0.15, -0.1) is 0 Å². The third-order valence-electron chi connectivity index (χ3n) is 3.25. The molecule has 1 aliphatic heterocycles. The molecule has 0 radical (unpaired) electrons. The molecule has 4 heteroatoms. The van der Waals surface area contributed by atoms with Crippen molar-refractivity contribution in [1.82, 2.24) is 14.8 Å². The van der Waals surface area contributed by atoms with E-state index < -0.39 is 0 Å². The normalized spacial score (nSPS) is 19.8. The molecule has 1 atom stereocenters. The third kappa shape index (κ3) is 3.26. The van der Waals surface area contributed by atoms with Gasteiger partial charge in [-0.3, -0.25) is 14.8 Å². The van der Waals surface area contributed by atoms with Crippen LogP contribution in [0.4, 0.5) is 0 Å². The summed E-state index contributed by atoms with van der Waals surface area (Å²) in [6, 6.07) is 8.35. The lowest BCUT2D eigenvalue weighted by molar-refractivity contribution is 0.113. The Labute approximate surface area is 102 Å². The van der Waals surface area contributed by atoms with Crippen molar-refractivity contribution in [2.75, 3.05) is 26.2 Å². The van der Waals surface area contributed by atoms with Gasteiger partial charge in [0.1, 0.15) is 0 Å². The molecule has 0 aromatic carbocycles. The highest BCUT2D eigenvalue weighted by Crippen LogP contribution is 2.08. The van der Waals surface area contributed by atoms with E-state index in [1.54, 1.807) is 0 Å². The monoisotopic (exact) mass is 230 g/mol. The van der Waals surface area contributed by atoms with Crippen LogP contribution < -0.4 is 0 Å². The van der Waals surface area contributed by atoms with E-state index in [-0.39, 0.29) is 6.04 Å². The Kier molecular flexibility index (Phi) is 4.08. The van der Waals surface area contributed by atoms with Crippen LogP contribution in [0.3, 0.4) is 0 Å². The Balaban J connectivity index is 1.82. The summed E-state index contributed by atoms with van der Waals surface area (Å²) in [6.45, 7) is 6.86. The van der Waals surface area contributed by atoms with E-state index in [9.17, 15) is 0 Å². The number of nitriles is 1. The molecule has 0 saturated carbocycles. The van der Waals surface area contributed by atoms with Crippen LogP contribution in [0.25, 0.3) is 0 Å². The fourth-order valence-corrected chi connectivity index (χ4v) is 2.11. The maximum atomic E-state index is 8.87. The molecule has 2 rings (SSSR count). The number of nitrogens with zero attached hydrogens (tertiary/aromatic N) is 4. The number of aromatic nitrogens is 1. The summed E-state index contributed by atoms with van der Waals surface area (Å²) < 4.78 is 0. The van der Waals surface area contributed by atoms with Gasteiger partial charge in [0.2, 0.25) is 0 Å². The SMILES string of the molecule is CC(C#N)N1CCN(Cc2ccccn2)CC1. The molecule has 1 fully saturated rings. The van der Waals surface area contributed by atoms with Gasteiger partial charge in [-0.1, -0.05) is 6.07 Å². The van der Waals surface area contributed by atoms with E-state index in [0.29, 0.717) is 0 Å². The average molecular weight is 230 g/mol. The Morgan fingerprint density at radius 1 is 1.35 bits per heavy atom. The number of hydrogen-bond donors (Lipinski definition) is 0. The van der Waals surface area contributed by atoms with E-state index in [1.165, 1.54) is 0 Å². The summed E-state index contributed by atoms with van der Waals surface area (Å²) in [5.74, 6) is 0. The van der Waals surface area contributed by atoms with Crippen molar-refractivity contribution in [2.45, 2.75) is 19.5 Å². The molecular weight excluding hydrogens is 212 g/mol. The van der Waals surface area contributed by atoms with Crippen molar-refractivity contribution >= 4 is 0 Å². The predicted molar refractivity (Wildman–Crippen MR) is 66.2 cm³/mol. The minimum Gasteiger partial charge on any atom is -0.295 e. The topological polar surface area (TPSA) is 43.2 Å². The molecule has 0 bridgehead atoms. The summed E-state index contributed by atoms with van der Waals surface area (Å²) in [5, 5.41) is 8.87. The van der Waals surface area contributed by atoms with Crippen LogP contribution in [-0.4, -0.2) is 47.0 Å². The first-order valence-electron chi connectivity index (χ1n) is 6.05. The van der Waals surface area contributed by atoms with Crippen molar-refractivity contribution in [3.05, 3.63) is 30.1 Å². The molecule has 17 heavy (non-hydrogen) atoms. The molecule has 0 amide bonds. The molecule has 1 aromatic rings. The molecule has 2 heterocycles. The molecular formula is C13H18N4. The lowest BCUT2D eigenvalue weighted by atomic mass is 10.2. The Morgan fingerprint density at radius 3 is 2.71 bits per heavy atom. The lowest BCUT2D eigenvalue weighted by Crippen LogP contribution is -2.48. The van der Waals surface area contributed by atoms with Crippen molar-refractivity contribution in [3.8, 4) is 6.07 Å². The summed E-state index contributed by atoms with van der Waals surface area (Å²) in [4.78, 5) is 8.96. The smallest absolute Gasteiger partial charge is 0.0950 e. The standard InChI is InChI=1S/C13H18N4/c1-12(10-14)17-8-6-16(7-9-17)11-13-4-2-3-5-15-13/h2-5,12H,6-9,11H2,1H3. The number of rotatable bonds is 3. The second-order valence-corrected chi connectivity index (χ2v) is 4.44. The van der Waals surface area contributed by atoms with Crippen LogP contribution in [0, 0.1) is 11.3 Å². The van der Waals surface area contributed by atoms with E-state index in [2.05, 4.69) is 26.9 Å². The van der Waals surface area contributed by atoms with Crippen LogP contribution in [0.15, 0.2) is 24.4 Å². The van der Waals surface area contributed by atoms with Crippen LogP contribution in [0.1, 0.15) is 12.6 Å². The van der Waals surface area contributed by atoms with E-state index >= 15 is 0 Å². The first-order valence-corrected chi connectivity index (χ1v) is 6.05. The van der Waals surface area contributed by atoms with Crippen LogP contribution in [0.5, 0.6) is 0 Å². The quantitative estimate of drug-likeness (QED) is 0.780. The van der Waals surface area contributed by atoms with Crippen LogP contribution >= 0.6 is 0 Å². The molecule has 4 nitrogen and oxygen atoms in total. The fourth-order valence-electron chi connectivity index (χ4n) is 2.11. The van der Waals surface area contributed by atoms with E-state index in [0.717, 1.165) is 38.4 Å². The summed E-state index contributed by atoms with van der Waals surface area (Å²) >= 11 is 0. The highest BCUT2D eigenvalue weighted by atomic mass is 15.3. The van der Waals surface area contributed by atoms with Crippen molar-refractivity contribution < 1.29 is 0 Å². The molecule has 1 unspecified atom stereocenters. The van der Waals surface area contributed by atoms with Crippen molar-refractivity contribution in [1.29, 1.82) is 5.26 Å². The average Bonchev–Trinajstić information content (AvgIpc) is 2.40. The molecule has 90 valence electrons. The highest BCUT2D eigenvalue weighted by molar-refractivity contribution is 5.03. The fraction of sp³-hybridized carbons (Fsp3) is 0.538. The van der Waals surface area contributed by atoms with Gasteiger partial charge in [0.15, 0.2) is 0 Å². The molecule has 0 aliphatic carbocycles. The largest absolute Gasteiger partial charge is 0.295 e. The van der Waals surface area contributed by atoms with Gasteiger partial charge in [-0.2, -0.15) is 5.26 Å². The van der Waals surface area contributed by atoms with Crippen LogP contribution in [-0.2, 0) is 6.54 Å². The summed E-state index contributed by atoms with van der Waals surface area (Å²) in [6.07, 6.45) is 1.84. The molecule has 1 aliphatic rings.